The highest BCUT2D eigenvalue weighted by Gasteiger charge is 2.22. The zero-order valence-corrected chi connectivity index (χ0v) is 21.6. The quantitative estimate of drug-likeness (QED) is 0.243. The fraction of sp³-hybridized carbons (Fsp3) is 0.333. The molecule has 0 fully saturated rings. The van der Waals surface area contributed by atoms with Crippen molar-refractivity contribution in [1.82, 2.24) is 14.6 Å². The number of nitrogens with one attached hydrogen (secondary N) is 2. The molecule has 1 aromatic heterocycles. The summed E-state index contributed by atoms with van der Waals surface area (Å²) in [4.78, 5) is 19.5. The Kier molecular flexibility index (Phi) is 8.95. The van der Waals surface area contributed by atoms with Gasteiger partial charge in [-0.2, -0.15) is 0 Å². The molecule has 0 aliphatic rings. The molecule has 0 aliphatic carbocycles. The van der Waals surface area contributed by atoms with Gasteiger partial charge in [0.05, 0.1) is 10.5 Å². The van der Waals surface area contributed by atoms with E-state index in [4.69, 9.17) is 5.73 Å². The maximum atomic E-state index is 14.2. The van der Waals surface area contributed by atoms with Gasteiger partial charge in [-0.3, -0.25) is 4.79 Å². The van der Waals surface area contributed by atoms with Gasteiger partial charge in [-0.1, -0.05) is 37.3 Å². The Bertz CT molecular complexity index is 1250. The molecule has 3 aromatic rings. The molecule has 0 saturated carbocycles. The summed E-state index contributed by atoms with van der Waals surface area (Å²) in [6.45, 7) is 8.85. The van der Waals surface area contributed by atoms with E-state index in [2.05, 4.69) is 33.8 Å². The molecular formula is C24H30FN5O3S2. The molecule has 4 N–H and O–H groups in total. The second-order valence-corrected chi connectivity index (χ2v) is 10.7. The maximum absolute atomic E-state index is 14.2. The van der Waals surface area contributed by atoms with Gasteiger partial charge in [-0.25, -0.2) is 22.5 Å². The van der Waals surface area contributed by atoms with Crippen LogP contribution in [0.3, 0.4) is 0 Å². The first-order valence-electron chi connectivity index (χ1n) is 11.3. The molecule has 0 amide bonds. The number of hydrogen-bond donors (Lipinski definition) is 3. The molecular weight excluding hydrogens is 489 g/mol. The van der Waals surface area contributed by atoms with E-state index < -0.39 is 21.6 Å². The Balaban J connectivity index is 1.65. The minimum Gasteiger partial charge on any atom is -0.382 e. The molecule has 0 saturated heterocycles. The molecule has 2 aromatic carbocycles. The number of ketones is 1. The number of thiazole rings is 1. The number of carbonyl (C=O) groups excluding carboxylic acids is 1. The third-order valence-corrected chi connectivity index (χ3v) is 8.02. The van der Waals surface area contributed by atoms with Crippen molar-refractivity contribution in [1.29, 1.82) is 0 Å². The SMILES string of the molecule is CCN(CC)CCCNS(=O)(=O)c1ccc(Nc2nc(N)c(C(=O)c3c(C)cccc3F)s2)cc1. The number of halogens is 1. The molecule has 0 atom stereocenters. The second kappa shape index (κ2) is 11.7. The van der Waals surface area contributed by atoms with E-state index in [0.717, 1.165) is 37.4 Å². The van der Waals surface area contributed by atoms with Crippen LogP contribution in [0.5, 0.6) is 0 Å². The van der Waals surface area contributed by atoms with E-state index in [0.29, 0.717) is 22.9 Å². The number of nitrogens with zero attached hydrogens (tertiary/aromatic N) is 2. The van der Waals surface area contributed by atoms with Crippen molar-refractivity contribution in [2.75, 3.05) is 37.2 Å². The van der Waals surface area contributed by atoms with Gasteiger partial charge in [-0.05, 0) is 68.9 Å². The number of carbonyl (C=O) groups is 1. The number of benzene rings is 2. The predicted molar refractivity (Wildman–Crippen MR) is 138 cm³/mol. The van der Waals surface area contributed by atoms with Crippen molar-refractivity contribution in [3.63, 3.8) is 0 Å². The third kappa shape index (κ3) is 6.63. The lowest BCUT2D eigenvalue weighted by Crippen LogP contribution is -2.30. The monoisotopic (exact) mass is 519 g/mol. The van der Waals surface area contributed by atoms with Crippen LogP contribution in [0, 0.1) is 12.7 Å². The number of nitrogens with two attached hydrogens (primary N) is 1. The maximum Gasteiger partial charge on any atom is 0.240 e. The summed E-state index contributed by atoms with van der Waals surface area (Å²) in [7, 11) is -3.62. The van der Waals surface area contributed by atoms with Crippen molar-refractivity contribution in [3.05, 3.63) is 64.3 Å². The summed E-state index contributed by atoms with van der Waals surface area (Å²) in [6, 6.07) is 10.6. The number of aryl methyl sites for hydroxylation is 1. The smallest absolute Gasteiger partial charge is 0.240 e. The van der Waals surface area contributed by atoms with Gasteiger partial charge in [0, 0.05) is 12.2 Å². The standard InChI is InChI=1S/C24H30FN5O3S2/c1-4-30(5-2)15-7-14-27-35(32,33)18-12-10-17(11-13-18)28-24-29-23(26)22(34-24)21(31)20-16(3)8-6-9-19(20)25/h6,8-13,27H,4-5,7,14-15,26H2,1-3H3,(H,28,29). The molecule has 11 heteroatoms. The van der Waals surface area contributed by atoms with Crippen LogP contribution in [0.25, 0.3) is 0 Å². The Morgan fingerprint density at radius 1 is 1.14 bits per heavy atom. The summed E-state index contributed by atoms with van der Waals surface area (Å²) in [6.07, 6.45) is 0.722. The van der Waals surface area contributed by atoms with Crippen molar-refractivity contribution in [2.45, 2.75) is 32.1 Å². The van der Waals surface area contributed by atoms with Crippen LogP contribution in [0.15, 0.2) is 47.4 Å². The molecule has 1 heterocycles. The highest BCUT2D eigenvalue weighted by atomic mass is 32.2. The lowest BCUT2D eigenvalue weighted by molar-refractivity contribution is 0.103. The number of nitrogen functional groups attached to an aromatic ring is 1. The van der Waals surface area contributed by atoms with Gasteiger partial charge in [0.2, 0.25) is 15.8 Å². The minimum absolute atomic E-state index is 0.00161. The fourth-order valence-electron chi connectivity index (χ4n) is 3.55. The van der Waals surface area contributed by atoms with Gasteiger partial charge in [0.1, 0.15) is 16.5 Å². The molecule has 0 bridgehead atoms. The summed E-state index contributed by atoms with van der Waals surface area (Å²) in [5.41, 5.74) is 6.98. The van der Waals surface area contributed by atoms with E-state index in [9.17, 15) is 17.6 Å². The van der Waals surface area contributed by atoms with E-state index in [-0.39, 0.29) is 21.2 Å². The van der Waals surface area contributed by atoms with Crippen LogP contribution in [0.4, 0.5) is 21.0 Å². The Morgan fingerprint density at radius 2 is 1.83 bits per heavy atom. The van der Waals surface area contributed by atoms with Crippen LogP contribution in [-0.4, -0.2) is 50.3 Å². The largest absolute Gasteiger partial charge is 0.382 e. The predicted octanol–water partition coefficient (Wildman–Crippen LogP) is 4.16. The number of anilines is 3. The highest BCUT2D eigenvalue weighted by Crippen LogP contribution is 2.31. The summed E-state index contributed by atoms with van der Waals surface area (Å²) in [5, 5.41) is 3.36. The fourth-order valence-corrected chi connectivity index (χ4v) is 5.48. The average molecular weight is 520 g/mol. The average Bonchev–Trinajstić information content (AvgIpc) is 3.19. The topological polar surface area (TPSA) is 117 Å². The zero-order valence-electron chi connectivity index (χ0n) is 20.0. The van der Waals surface area contributed by atoms with Gasteiger partial charge in [-0.15, -0.1) is 0 Å². The number of rotatable bonds is 12. The molecule has 8 nitrogen and oxygen atoms in total. The number of sulfonamides is 1. The first-order chi connectivity index (χ1) is 16.7. The van der Waals surface area contributed by atoms with Crippen LogP contribution in [0.2, 0.25) is 0 Å². The summed E-state index contributed by atoms with van der Waals surface area (Å²) >= 11 is 1.01. The normalized spacial score (nSPS) is 11.7. The molecule has 3 rings (SSSR count). The van der Waals surface area contributed by atoms with Crippen molar-refractivity contribution < 1.29 is 17.6 Å². The summed E-state index contributed by atoms with van der Waals surface area (Å²) < 4.78 is 42.0. The van der Waals surface area contributed by atoms with Crippen LogP contribution in [0.1, 0.15) is 41.1 Å². The van der Waals surface area contributed by atoms with Gasteiger partial charge in [0.15, 0.2) is 5.13 Å². The Morgan fingerprint density at radius 3 is 2.46 bits per heavy atom. The van der Waals surface area contributed by atoms with Gasteiger partial charge in [0.25, 0.3) is 0 Å². The molecule has 0 radical (unpaired) electrons. The number of hydrogen-bond acceptors (Lipinski definition) is 8. The van der Waals surface area contributed by atoms with Crippen LogP contribution < -0.4 is 15.8 Å². The summed E-state index contributed by atoms with van der Waals surface area (Å²) in [5.74, 6) is -1.15. The molecule has 35 heavy (non-hydrogen) atoms. The zero-order chi connectivity index (χ0) is 25.6. The lowest BCUT2D eigenvalue weighted by atomic mass is 10.0. The van der Waals surface area contributed by atoms with E-state index in [1.165, 1.54) is 24.3 Å². The molecule has 0 unspecified atom stereocenters. The second-order valence-electron chi connectivity index (χ2n) is 7.92. The van der Waals surface area contributed by atoms with E-state index >= 15 is 0 Å². The van der Waals surface area contributed by atoms with Crippen molar-refractivity contribution in [2.24, 2.45) is 0 Å². The molecule has 188 valence electrons. The first kappa shape index (κ1) is 26.7. The van der Waals surface area contributed by atoms with Crippen molar-refractivity contribution in [3.8, 4) is 0 Å². The van der Waals surface area contributed by atoms with Gasteiger partial charge < -0.3 is 16.0 Å². The lowest BCUT2D eigenvalue weighted by Gasteiger charge is -2.17. The van der Waals surface area contributed by atoms with E-state index in [1.54, 1.807) is 25.1 Å². The van der Waals surface area contributed by atoms with E-state index in [1.807, 2.05) is 0 Å². The Labute approximate surface area is 209 Å². The van der Waals surface area contributed by atoms with Crippen LogP contribution >= 0.6 is 11.3 Å². The van der Waals surface area contributed by atoms with Crippen LogP contribution in [-0.2, 0) is 10.0 Å². The highest BCUT2D eigenvalue weighted by molar-refractivity contribution is 7.89. The molecule has 0 aliphatic heterocycles. The molecule has 0 spiro atoms. The Hall–Kier alpha value is -2.86. The van der Waals surface area contributed by atoms with Gasteiger partial charge >= 0.3 is 0 Å². The van der Waals surface area contributed by atoms with Crippen molar-refractivity contribution >= 4 is 43.8 Å². The third-order valence-electron chi connectivity index (χ3n) is 5.56. The first-order valence-corrected chi connectivity index (χ1v) is 13.6. The minimum atomic E-state index is -3.62. The number of aromatic nitrogens is 1.